The quantitative estimate of drug-likeness (QED) is 0.449. The third-order valence-corrected chi connectivity index (χ3v) is 7.24. The van der Waals surface area contributed by atoms with Crippen LogP contribution in [-0.4, -0.2) is 86.9 Å². The molecule has 9 nitrogen and oxygen atoms in total. The highest BCUT2D eigenvalue weighted by Crippen LogP contribution is 2.39. The molecule has 2 heterocycles. The van der Waals surface area contributed by atoms with Crippen LogP contribution < -0.4 is 14.2 Å². The van der Waals surface area contributed by atoms with Crippen molar-refractivity contribution in [1.82, 2.24) is 14.7 Å². The Labute approximate surface area is 216 Å². The Morgan fingerprint density at radius 2 is 1.65 bits per heavy atom. The molecule has 2 aliphatic heterocycles. The number of imide groups is 1. The van der Waals surface area contributed by atoms with Gasteiger partial charge in [0.1, 0.15) is 17.0 Å². The SMILES string of the molecule is COCCN1C(=O)N(Cc2cccc(OC)c2)C(=O)C12CCN(Cc1cc(OC)cc(OC)c1F)CC2. The minimum absolute atomic E-state index is 0.123. The van der Waals surface area contributed by atoms with Crippen LogP contribution in [0, 0.1) is 5.82 Å². The number of hydrogen-bond donors (Lipinski definition) is 0. The molecular weight excluding hydrogens is 481 g/mol. The van der Waals surface area contributed by atoms with Crippen molar-refractivity contribution in [3.63, 3.8) is 0 Å². The zero-order valence-electron chi connectivity index (χ0n) is 21.8. The van der Waals surface area contributed by atoms with Crippen LogP contribution >= 0.6 is 0 Å². The smallest absolute Gasteiger partial charge is 0.328 e. The summed E-state index contributed by atoms with van der Waals surface area (Å²) < 4.78 is 35.9. The summed E-state index contributed by atoms with van der Waals surface area (Å²) in [4.78, 5) is 32.3. The largest absolute Gasteiger partial charge is 0.497 e. The van der Waals surface area contributed by atoms with Gasteiger partial charge in [-0.15, -0.1) is 0 Å². The highest BCUT2D eigenvalue weighted by atomic mass is 19.1. The molecule has 0 aromatic heterocycles. The first-order valence-corrected chi connectivity index (χ1v) is 12.2. The molecular formula is C27H34FN3O6. The Balaban J connectivity index is 1.53. The molecule has 37 heavy (non-hydrogen) atoms. The molecule has 0 unspecified atom stereocenters. The fraction of sp³-hybridized carbons (Fsp3) is 0.481. The van der Waals surface area contributed by atoms with Crippen LogP contribution in [0.2, 0.25) is 0 Å². The lowest BCUT2D eigenvalue weighted by Gasteiger charge is -2.42. The third-order valence-electron chi connectivity index (χ3n) is 7.24. The third kappa shape index (κ3) is 5.21. The maximum absolute atomic E-state index is 14.9. The monoisotopic (exact) mass is 515 g/mol. The number of carbonyl (C=O) groups is 2. The maximum atomic E-state index is 14.9. The van der Waals surface area contributed by atoms with Crippen molar-refractivity contribution in [1.29, 1.82) is 0 Å². The van der Waals surface area contributed by atoms with Crippen molar-refractivity contribution in [3.05, 3.63) is 53.3 Å². The number of methoxy groups -OCH3 is 4. The van der Waals surface area contributed by atoms with Crippen molar-refractivity contribution < 1.29 is 32.9 Å². The highest BCUT2D eigenvalue weighted by molar-refractivity contribution is 6.07. The molecule has 2 aromatic carbocycles. The number of benzene rings is 2. The molecule has 0 bridgehead atoms. The predicted octanol–water partition coefficient (Wildman–Crippen LogP) is 3.30. The molecule has 0 atom stereocenters. The Hall–Kier alpha value is -3.37. The zero-order valence-corrected chi connectivity index (χ0v) is 21.8. The molecule has 2 aliphatic rings. The van der Waals surface area contributed by atoms with Crippen LogP contribution in [0.15, 0.2) is 36.4 Å². The second kappa shape index (κ2) is 11.4. The van der Waals surface area contributed by atoms with Gasteiger partial charge in [0.15, 0.2) is 11.6 Å². The molecule has 2 fully saturated rings. The van der Waals surface area contributed by atoms with Crippen molar-refractivity contribution in [3.8, 4) is 17.2 Å². The lowest BCUT2D eigenvalue weighted by atomic mass is 9.85. The number of rotatable bonds is 10. The predicted molar refractivity (Wildman–Crippen MR) is 134 cm³/mol. The average molecular weight is 516 g/mol. The number of nitrogens with zero attached hydrogens (tertiary/aromatic N) is 3. The number of hydrogen-bond acceptors (Lipinski definition) is 7. The molecule has 200 valence electrons. The van der Waals surface area contributed by atoms with Crippen molar-refractivity contribution in [2.24, 2.45) is 0 Å². The van der Waals surface area contributed by atoms with Crippen LogP contribution in [0.1, 0.15) is 24.0 Å². The summed E-state index contributed by atoms with van der Waals surface area (Å²) in [7, 11) is 6.09. The van der Waals surface area contributed by atoms with E-state index in [0.29, 0.717) is 62.7 Å². The Bertz CT molecular complexity index is 1140. The normalized spacial score (nSPS) is 17.5. The fourth-order valence-electron chi connectivity index (χ4n) is 5.18. The number of ether oxygens (including phenoxy) is 4. The van der Waals surface area contributed by atoms with E-state index in [2.05, 4.69) is 4.90 Å². The van der Waals surface area contributed by atoms with Gasteiger partial charge in [-0.2, -0.15) is 0 Å². The van der Waals surface area contributed by atoms with E-state index in [4.69, 9.17) is 18.9 Å². The number of likely N-dealkylation sites (tertiary alicyclic amines) is 1. The lowest BCUT2D eigenvalue weighted by Crippen LogP contribution is -2.57. The standard InChI is InChI=1S/C27H34FN3O6/c1-34-13-12-31-26(33)30(17-19-6-5-7-21(14-19)35-2)25(32)27(31)8-10-29(11-9-27)18-20-15-22(36-3)16-23(37-4)24(20)28/h5-7,14-16H,8-13,17-18H2,1-4H3. The Morgan fingerprint density at radius 3 is 2.30 bits per heavy atom. The van der Waals surface area contributed by atoms with Crippen molar-refractivity contribution in [2.45, 2.75) is 31.5 Å². The van der Waals surface area contributed by atoms with Gasteiger partial charge in [-0.05, 0) is 36.6 Å². The van der Waals surface area contributed by atoms with Crippen LogP contribution in [0.25, 0.3) is 0 Å². The second-order valence-electron chi connectivity index (χ2n) is 9.28. The van der Waals surface area contributed by atoms with Gasteiger partial charge in [-0.25, -0.2) is 9.18 Å². The van der Waals surface area contributed by atoms with E-state index < -0.39 is 11.4 Å². The molecule has 4 rings (SSSR count). The first-order valence-electron chi connectivity index (χ1n) is 12.2. The van der Waals surface area contributed by atoms with Crippen molar-refractivity contribution >= 4 is 11.9 Å². The summed E-state index contributed by atoms with van der Waals surface area (Å²) in [5.41, 5.74) is 0.316. The molecule has 3 amide bonds. The summed E-state index contributed by atoms with van der Waals surface area (Å²) in [5.74, 6) is 0.667. The molecule has 0 radical (unpaired) electrons. The van der Waals surface area contributed by atoms with Crippen molar-refractivity contribution in [2.75, 3.05) is 54.7 Å². The summed E-state index contributed by atoms with van der Waals surface area (Å²) in [6.45, 7) is 2.19. The minimum atomic E-state index is -0.949. The first kappa shape index (κ1) is 26.7. The number of halogens is 1. The van der Waals surface area contributed by atoms with Gasteiger partial charge < -0.3 is 23.8 Å². The van der Waals surface area contributed by atoms with E-state index in [1.54, 1.807) is 25.2 Å². The van der Waals surface area contributed by atoms with E-state index >= 15 is 0 Å². The highest BCUT2D eigenvalue weighted by Gasteiger charge is 2.57. The van der Waals surface area contributed by atoms with E-state index in [0.717, 1.165) is 5.56 Å². The Kier molecular flexibility index (Phi) is 8.19. The van der Waals surface area contributed by atoms with E-state index in [9.17, 15) is 14.0 Å². The second-order valence-corrected chi connectivity index (χ2v) is 9.28. The van der Waals surface area contributed by atoms with Crippen LogP contribution in [0.4, 0.5) is 9.18 Å². The van der Waals surface area contributed by atoms with Gasteiger partial charge in [-0.1, -0.05) is 12.1 Å². The van der Waals surface area contributed by atoms with Gasteiger partial charge in [0.05, 0.1) is 34.5 Å². The fourth-order valence-corrected chi connectivity index (χ4v) is 5.18. The summed E-state index contributed by atoms with van der Waals surface area (Å²) in [6, 6.07) is 10.2. The molecule has 0 aliphatic carbocycles. The summed E-state index contributed by atoms with van der Waals surface area (Å²) >= 11 is 0. The number of carbonyl (C=O) groups excluding carboxylic acids is 2. The zero-order chi connectivity index (χ0) is 26.6. The number of urea groups is 1. The molecule has 10 heteroatoms. The first-order chi connectivity index (χ1) is 17.9. The van der Waals surface area contributed by atoms with Gasteiger partial charge in [0.25, 0.3) is 5.91 Å². The number of piperidine rings is 1. The Morgan fingerprint density at radius 1 is 0.919 bits per heavy atom. The molecule has 0 N–H and O–H groups in total. The topological polar surface area (TPSA) is 80.8 Å². The maximum Gasteiger partial charge on any atom is 0.328 e. The average Bonchev–Trinajstić information content (AvgIpc) is 3.10. The van der Waals surface area contributed by atoms with Crippen LogP contribution in [0.3, 0.4) is 0 Å². The molecule has 2 aromatic rings. The molecule has 2 saturated heterocycles. The van der Waals surface area contributed by atoms with Crippen LogP contribution in [0.5, 0.6) is 17.2 Å². The van der Waals surface area contributed by atoms with Gasteiger partial charge in [0.2, 0.25) is 0 Å². The van der Waals surface area contributed by atoms with Gasteiger partial charge >= 0.3 is 6.03 Å². The van der Waals surface area contributed by atoms with Gasteiger partial charge in [-0.3, -0.25) is 14.6 Å². The summed E-state index contributed by atoms with van der Waals surface area (Å²) in [6.07, 6.45) is 0.886. The lowest BCUT2D eigenvalue weighted by molar-refractivity contribution is -0.136. The van der Waals surface area contributed by atoms with E-state index in [1.165, 1.54) is 25.2 Å². The summed E-state index contributed by atoms with van der Waals surface area (Å²) in [5, 5.41) is 0. The minimum Gasteiger partial charge on any atom is -0.497 e. The van der Waals surface area contributed by atoms with Gasteiger partial charge in [0, 0.05) is 44.9 Å². The van der Waals surface area contributed by atoms with E-state index in [1.807, 2.05) is 24.3 Å². The van der Waals surface area contributed by atoms with Crippen LogP contribution in [-0.2, 0) is 22.6 Å². The molecule has 0 saturated carbocycles. The van der Waals surface area contributed by atoms with E-state index in [-0.39, 0.29) is 24.2 Å². The molecule has 1 spiro atoms. The number of amides is 3.